The van der Waals surface area contributed by atoms with Crippen molar-refractivity contribution >= 4 is 34.9 Å². The lowest BCUT2D eigenvalue weighted by Gasteiger charge is -2.31. The smallest absolute Gasteiger partial charge is 0.220 e. The molecular weight excluding hydrogens is 666 g/mol. The number of carbonyl (C=O) groups excluding carboxylic acids is 2. The van der Waals surface area contributed by atoms with Gasteiger partial charge in [-0.05, 0) is 49.6 Å². The molecule has 262 valence electrons. The number of hydrogen-bond donors (Lipinski definition) is 4. The molecule has 14 heteroatoms. The van der Waals surface area contributed by atoms with Crippen molar-refractivity contribution in [2.75, 3.05) is 32.1 Å². The number of hydrogen-bond acceptors (Lipinski definition) is 9. The number of anilines is 2. The Labute approximate surface area is 294 Å². The van der Waals surface area contributed by atoms with E-state index in [4.69, 9.17) is 16.3 Å². The van der Waals surface area contributed by atoms with Gasteiger partial charge in [-0.3, -0.25) is 14.6 Å². The Kier molecular flexibility index (Phi) is 11.2. The summed E-state index contributed by atoms with van der Waals surface area (Å²) in [6.07, 6.45) is 5.90. The number of nitrogens with zero attached hydrogens (tertiary/aromatic N) is 4. The maximum Gasteiger partial charge on any atom is 0.220 e. The number of carbonyl (C=O) groups is 2. The van der Waals surface area contributed by atoms with E-state index in [-0.39, 0.29) is 58.2 Å². The van der Waals surface area contributed by atoms with Crippen molar-refractivity contribution < 1.29 is 23.1 Å². The summed E-state index contributed by atoms with van der Waals surface area (Å²) >= 11 is 6.86. The van der Waals surface area contributed by atoms with E-state index < -0.39 is 11.6 Å². The molecule has 2 aliphatic heterocycles. The molecule has 6 rings (SSSR count). The lowest BCUT2D eigenvalue weighted by atomic mass is 10.0. The first-order chi connectivity index (χ1) is 24.2. The van der Waals surface area contributed by atoms with Gasteiger partial charge >= 0.3 is 0 Å². The Bertz CT molecular complexity index is 1870. The zero-order valence-electron chi connectivity index (χ0n) is 27.9. The lowest BCUT2D eigenvalue weighted by Crippen LogP contribution is -2.44. The zero-order chi connectivity index (χ0) is 35.2. The predicted molar refractivity (Wildman–Crippen MR) is 187 cm³/mol. The summed E-state index contributed by atoms with van der Waals surface area (Å²) in [5, 5.41) is 12.6. The van der Waals surface area contributed by atoms with E-state index in [2.05, 4.69) is 36.2 Å². The van der Waals surface area contributed by atoms with E-state index >= 15 is 8.78 Å². The molecule has 0 spiro atoms. The van der Waals surface area contributed by atoms with Crippen LogP contribution in [-0.4, -0.2) is 70.5 Å². The number of benzene rings is 1. The van der Waals surface area contributed by atoms with Gasteiger partial charge in [0.15, 0.2) is 17.5 Å². The summed E-state index contributed by atoms with van der Waals surface area (Å²) < 4.78 is 37.2. The average Bonchev–Trinajstić information content (AvgIpc) is 3.54. The Morgan fingerprint density at radius 3 is 2.54 bits per heavy atom. The largest absolute Gasteiger partial charge is 0.481 e. The standard InChI is InChI=1S/C36H39ClF2N8O3/c1-21(48)47-16-12-24(13-17-47)43-19-22-10-14-42-35(32(22)38)45-29-5-3-4-27(33(29)39)34-31(37)26(11-15-41-34)28-8-6-23(36(46-28)50-2)18-40-20-25-7-9-30(49)44-25/h3-6,8,10-11,14-15,24-25,40,43H,7,9,12-13,16-20H2,1-2H3,(H,42,45)(H,44,49)/t25-/m0/s1. The molecule has 5 heterocycles. The fourth-order valence-corrected chi connectivity index (χ4v) is 6.58. The second-order valence-electron chi connectivity index (χ2n) is 12.4. The Hall–Kier alpha value is -4.72. The zero-order valence-corrected chi connectivity index (χ0v) is 28.6. The molecule has 4 aromatic rings. The molecule has 3 aromatic heterocycles. The fourth-order valence-electron chi connectivity index (χ4n) is 6.27. The molecule has 4 N–H and O–H groups in total. The van der Waals surface area contributed by atoms with Gasteiger partial charge in [0, 0.05) is 92.8 Å². The third kappa shape index (κ3) is 8.01. The van der Waals surface area contributed by atoms with E-state index in [9.17, 15) is 9.59 Å². The number of amides is 2. The van der Waals surface area contributed by atoms with Crippen molar-refractivity contribution in [2.24, 2.45) is 0 Å². The topological polar surface area (TPSA) is 133 Å². The summed E-state index contributed by atoms with van der Waals surface area (Å²) in [5.74, 6) is -0.847. The number of ether oxygens (including phenoxy) is 1. The minimum Gasteiger partial charge on any atom is -0.481 e. The molecule has 0 bridgehead atoms. The third-order valence-electron chi connectivity index (χ3n) is 9.09. The van der Waals surface area contributed by atoms with Gasteiger partial charge in [0.25, 0.3) is 0 Å². The molecule has 0 radical (unpaired) electrons. The first kappa shape index (κ1) is 35.1. The molecule has 1 aromatic carbocycles. The van der Waals surface area contributed by atoms with Gasteiger partial charge in [0.05, 0.1) is 29.2 Å². The molecule has 2 fully saturated rings. The first-order valence-electron chi connectivity index (χ1n) is 16.6. The van der Waals surface area contributed by atoms with E-state index in [0.29, 0.717) is 55.3 Å². The predicted octanol–water partition coefficient (Wildman–Crippen LogP) is 5.36. The van der Waals surface area contributed by atoms with Gasteiger partial charge in [0.2, 0.25) is 17.7 Å². The van der Waals surface area contributed by atoms with Crippen LogP contribution in [0.3, 0.4) is 0 Å². The summed E-state index contributed by atoms with van der Waals surface area (Å²) in [4.78, 5) is 38.1. The highest BCUT2D eigenvalue weighted by Gasteiger charge is 2.23. The second-order valence-corrected chi connectivity index (χ2v) is 12.8. The average molecular weight is 705 g/mol. The number of halogens is 3. The number of rotatable bonds is 12. The summed E-state index contributed by atoms with van der Waals surface area (Å²) in [6.45, 7) is 4.26. The van der Waals surface area contributed by atoms with Gasteiger partial charge in [0.1, 0.15) is 0 Å². The van der Waals surface area contributed by atoms with E-state index in [1.54, 1.807) is 31.2 Å². The van der Waals surface area contributed by atoms with Crippen LogP contribution in [-0.2, 0) is 22.7 Å². The molecule has 2 saturated heterocycles. The van der Waals surface area contributed by atoms with Crippen molar-refractivity contribution in [2.45, 2.75) is 57.8 Å². The number of methoxy groups -OCH3 is 1. The van der Waals surface area contributed by atoms with Crippen LogP contribution in [0.25, 0.3) is 22.5 Å². The summed E-state index contributed by atoms with van der Waals surface area (Å²) in [5.41, 5.74) is 2.57. The van der Waals surface area contributed by atoms with E-state index in [1.807, 2.05) is 17.0 Å². The molecule has 11 nitrogen and oxygen atoms in total. The van der Waals surface area contributed by atoms with Gasteiger partial charge in [-0.15, -0.1) is 0 Å². The monoisotopic (exact) mass is 704 g/mol. The van der Waals surface area contributed by atoms with Crippen molar-refractivity contribution in [3.63, 3.8) is 0 Å². The number of pyridine rings is 3. The SMILES string of the molecule is COc1nc(-c2ccnc(-c3cccc(Nc4nccc(CNC5CCN(C(C)=O)CC5)c4F)c3F)c2Cl)ccc1CNC[C@@H]1CCC(=O)N1. The number of nitrogens with one attached hydrogen (secondary N) is 4. The molecule has 1 atom stereocenters. The van der Waals surface area contributed by atoms with Crippen molar-refractivity contribution in [3.8, 4) is 28.4 Å². The molecular formula is C36H39ClF2N8O3. The van der Waals surface area contributed by atoms with Crippen LogP contribution in [0, 0.1) is 11.6 Å². The molecule has 50 heavy (non-hydrogen) atoms. The van der Waals surface area contributed by atoms with E-state index in [0.717, 1.165) is 24.8 Å². The van der Waals surface area contributed by atoms with Crippen LogP contribution in [0.4, 0.5) is 20.3 Å². The first-order valence-corrected chi connectivity index (χ1v) is 17.0. The number of aromatic nitrogens is 3. The quantitative estimate of drug-likeness (QED) is 0.154. The number of likely N-dealkylation sites (tertiary alicyclic amines) is 1. The Morgan fingerprint density at radius 1 is 1.00 bits per heavy atom. The highest BCUT2D eigenvalue weighted by molar-refractivity contribution is 6.35. The Balaban J connectivity index is 1.16. The second kappa shape index (κ2) is 15.9. The van der Waals surface area contributed by atoms with Gasteiger partial charge in [-0.2, -0.15) is 0 Å². The summed E-state index contributed by atoms with van der Waals surface area (Å²) in [6, 6.07) is 11.9. The van der Waals surface area contributed by atoms with Crippen molar-refractivity contribution in [1.82, 2.24) is 35.8 Å². The van der Waals surface area contributed by atoms with Crippen LogP contribution < -0.4 is 26.0 Å². The maximum atomic E-state index is 16.1. The molecule has 0 aliphatic carbocycles. The highest BCUT2D eigenvalue weighted by Crippen LogP contribution is 2.38. The van der Waals surface area contributed by atoms with Crippen molar-refractivity contribution in [1.29, 1.82) is 0 Å². The van der Waals surface area contributed by atoms with Gasteiger partial charge < -0.3 is 30.9 Å². The minimum absolute atomic E-state index is 0.00713. The van der Waals surface area contributed by atoms with Crippen LogP contribution in [0.15, 0.2) is 54.9 Å². The van der Waals surface area contributed by atoms with Crippen LogP contribution in [0.5, 0.6) is 5.88 Å². The fraction of sp³-hybridized carbons (Fsp3) is 0.361. The van der Waals surface area contributed by atoms with Crippen LogP contribution in [0.2, 0.25) is 5.02 Å². The molecule has 2 aliphatic rings. The normalized spacial score (nSPS) is 16.4. The molecule has 0 unspecified atom stereocenters. The number of piperidine rings is 1. The minimum atomic E-state index is -0.675. The molecule has 2 amide bonds. The third-order valence-corrected chi connectivity index (χ3v) is 9.47. The lowest BCUT2D eigenvalue weighted by molar-refractivity contribution is -0.130. The van der Waals surface area contributed by atoms with Crippen LogP contribution in [0.1, 0.15) is 43.7 Å². The van der Waals surface area contributed by atoms with Gasteiger partial charge in [-0.1, -0.05) is 23.7 Å². The maximum absolute atomic E-state index is 16.1. The van der Waals surface area contributed by atoms with E-state index in [1.165, 1.54) is 25.6 Å². The van der Waals surface area contributed by atoms with Gasteiger partial charge in [-0.25, -0.2) is 18.7 Å². The summed E-state index contributed by atoms with van der Waals surface area (Å²) in [7, 11) is 1.53. The molecule has 0 saturated carbocycles. The Morgan fingerprint density at radius 2 is 1.80 bits per heavy atom. The highest BCUT2D eigenvalue weighted by atomic mass is 35.5. The van der Waals surface area contributed by atoms with Crippen LogP contribution >= 0.6 is 11.6 Å². The van der Waals surface area contributed by atoms with Crippen molar-refractivity contribution in [3.05, 3.63) is 82.6 Å².